The molecule has 0 aromatic carbocycles. The molecule has 2 N–H and O–H groups in total. The topological polar surface area (TPSA) is 88.5 Å². The van der Waals surface area contributed by atoms with Crippen molar-refractivity contribution in [3.63, 3.8) is 0 Å². The molecule has 25 heavy (non-hydrogen) atoms. The van der Waals surface area contributed by atoms with Crippen LogP contribution < -0.4 is 10.1 Å². The van der Waals surface area contributed by atoms with Crippen LogP contribution in [-0.2, 0) is 4.79 Å². The van der Waals surface area contributed by atoms with Gasteiger partial charge in [-0.15, -0.1) is 0 Å². The molecule has 6 nitrogen and oxygen atoms in total. The zero-order chi connectivity index (χ0) is 17.6. The van der Waals surface area contributed by atoms with Crippen LogP contribution >= 0.6 is 0 Å². The van der Waals surface area contributed by atoms with Gasteiger partial charge in [-0.05, 0) is 56.3 Å². The predicted molar refractivity (Wildman–Crippen MR) is 90.4 cm³/mol. The summed E-state index contributed by atoms with van der Waals surface area (Å²) in [6.07, 6.45) is 7.91. The molecular weight excluding hydrogens is 320 g/mol. The van der Waals surface area contributed by atoms with E-state index in [4.69, 9.17) is 4.74 Å². The highest BCUT2D eigenvalue weighted by atomic mass is 16.5. The van der Waals surface area contributed by atoms with E-state index in [-0.39, 0.29) is 28.9 Å². The fourth-order valence-electron chi connectivity index (χ4n) is 5.30. The van der Waals surface area contributed by atoms with E-state index in [9.17, 15) is 14.7 Å². The van der Waals surface area contributed by atoms with E-state index in [2.05, 4.69) is 10.3 Å². The van der Waals surface area contributed by atoms with Gasteiger partial charge in [0.15, 0.2) is 23.0 Å². The number of pyridine rings is 1. The molecule has 0 saturated heterocycles. The second-order valence-electron chi connectivity index (χ2n) is 7.58. The molecule has 4 aliphatic rings. The minimum atomic E-state index is -0.519. The number of fused-ring (bicyclic) bond motifs is 2. The molecule has 3 atom stereocenters. The summed E-state index contributed by atoms with van der Waals surface area (Å²) >= 11 is 0. The quantitative estimate of drug-likeness (QED) is 0.878. The number of aromatic nitrogens is 1. The molecule has 134 valence electrons. The highest BCUT2D eigenvalue weighted by Crippen LogP contribution is 2.53. The summed E-state index contributed by atoms with van der Waals surface area (Å²) in [5.74, 6) is 1.37. The Balaban J connectivity index is 1.50. The Kier molecular flexibility index (Phi) is 4.13. The van der Waals surface area contributed by atoms with Crippen LogP contribution in [0.5, 0.6) is 11.5 Å². The smallest absolute Gasteiger partial charge is 0.274 e. The van der Waals surface area contributed by atoms with Crippen LogP contribution in [0, 0.1) is 23.7 Å². The van der Waals surface area contributed by atoms with Crippen molar-refractivity contribution in [3.8, 4) is 11.5 Å². The van der Waals surface area contributed by atoms with Crippen molar-refractivity contribution >= 4 is 11.7 Å². The number of nitrogens with one attached hydrogen (secondary N) is 1. The molecule has 1 aromatic rings. The van der Waals surface area contributed by atoms with Gasteiger partial charge in [-0.3, -0.25) is 9.59 Å². The largest absolute Gasteiger partial charge is 0.503 e. The molecule has 2 bridgehead atoms. The van der Waals surface area contributed by atoms with Crippen molar-refractivity contribution in [2.75, 3.05) is 7.11 Å². The Morgan fingerprint density at radius 2 is 1.92 bits per heavy atom. The summed E-state index contributed by atoms with van der Waals surface area (Å²) < 4.78 is 5.01. The number of hydrogen-bond donors (Lipinski definition) is 2. The first-order chi connectivity index (χ1) is 12.1. The maximum Gasteiger partial charge on any atom is 0.274 e. The van der Waals surface area contributed by atoms with E-state index >= 15 is 0 Å². The highest BCUT2D eigenvalue weighted by Gasteiger charge is 2.50. The molecule has 6 heteroatoms. The lowest BCUT2D eigenvalue weighted by molar-refractivity contribution is -0.138. The van der Waals surface area contributed by atoms with Crippen LogP contribution in [0.4, 0.5) is 0 Å². The average Bonchev–Trinajstić information content (AvgIpc) is 2.65. The highest BCUT2D eigenvalue weighted by molar-refractivity contribution is 5.99. The van der Waals surface area contributed by atoms with Crippen LogP contribution in [0.3, 0.4) is 0 Å². The molecule has 0 aliphatic heterocycles. The van der Waals surface area contributed by atoms with Gasteiger partial charge < -0.3 is 15.2 Å². The van der Waals surface area contributed by atoms with Gasteiger partial charge >= 0.3 is 0 Å². The number of hydrogen-bond acceptors (Lipinski definition) is 5. The Morgan fingerprint density at radius 3 is 2.64 bits per heavy atom. The molecule has 4 saturated carbocycles. The number of ether oxygens (including phenoxy) is 1. The van der Waals surface area contributed by atoms with Crippen LogP contribution in [0.1, 0.15) is 49.0 Å². The monoisotopic (exact) mass is 344 g/mol. The van der Waals surface area contributed by atoms with E-state index in [1.54, 1.807) is 0 Å². The van der Waals surface area contributed by atoms with Crippen LogP contribution in [-0.4, -0.2) is 34.9 Å². The van der Waals surface area contributed by atoms with E-state index in [0.717, 1.165) is 19.3 Å². The van der Waals surface area contributed by atoms with Gasteiger partial charge in [-0.2, -0.15) is 0 Å². The molecule has 1 heterocycles. The maximum absolute atomic E-state index is 13.0. The second kappa shape index (κ2) is 6.32. The van der Waals surface area contributed by atoms with Gasteiger partial charge in [0.2, 0.25) is 0 Å². The fraction of sp³-hybridized carbons (Fsp3) is 0.632. The first kappa shape index (κ1) is 16.4. The fourth-order valence-corrected chi connectivity index (χ4v) is 5.30. The van der Waals surface area contributed by atoms with E-state index in [1.165, 1.54) is 32.2 Å². The van der Waals surface area contributed by atoms with Crippen molar-refractivity contribution in [1.82, 2.24) is 10.3 Å². The van der Waals surface area contributed by atoms with Crippen molar-refractivity contribution in [3.05, 3.63) is 18.0 Å². The lowest BCUT2D eigenvalue weighted by Crippen LogP contribution is -2.55. The van der Waals surface area contributed by atoms with E-state index in [1.807, 2.05) is 0 Å². The third-order valence-corrected chi connectivity index (χ3v) is 6.48. The number of ketones is 1. The molecular formula is C19H24N2O4. The normalized spacial score (nSPS) is 33.6. The van der Waals surface area contributed by atoms with Crippen molar-refractivity contribution < 1.29 is 19.4 Å². The summed E-state index contributed by atoms with van der Waals surface area (Å²) in [7, 11) is 1.42. The summed E-state index contributed by atoms with van der Waals surface area (Å²) in [4.78, 5) is 29.5. The number of carbonyl (C=O) groups excluding carboxylic acids is 2. The molecule has 4 fully saturated rings. The first-order valence-electron chi connectivity index (χ1n) is 9.16. The Labute approximate surface area is 147 Å². The number of carbonyl (C=O) groups is 2. The Morgan fingerprint density at radius 1 is 1.20 bits per heavy atom. The SMILES string of the molecule is COc1ccnc(C(=O)N[C@H]2CC[C@H]3C4CCC(CC4)[C@H]3C2=O)c1O. The zero-order valence-corrected chi connectivity index (χ0v) is 14.4. The molecule has 5 rings (SSSR count). The Hall–Kier alpha value is -2.11. The second-order valence-corrected chi connectivity index (χ2v) is 7.58. The van der Waals surface area contributed by atoms with Crippen LogP contribution in [0.15, 0.2) is 12.3 Å². The molecule has 0 unspecified atom stereocenters. The van der Waals surface area contributed by atoms with Gasteiger partial charge in [0.05, 0.1) is 13.2 Å². The standard InChI is InChI=1S/C19H24N2O4/c1-25-14-8-9-20-16(18(14)23)19(24)21-13-7-6-12-10-2-4-11(5-3-10)15(12)17(13)22/h8-13,15,23H,2-7H2,1H3,(H,21,24)/t10?,11?,12-,13-,15+/m0/s1. The molecule has 0 radical (unpaired) electrons. The average molecular weight is 344 g/mol. The summed E-state index contributed by atoms with van der Waals surface area (Å²) in [6.45, 7) is 0. The molecule has 4 aliphatic carbocycles. The number of methoxy groups -OCH3 is 1. The third-order valence-electron chi connectivity index (χ3n) is 6.48. The molecule has 1 amide bonds. The lowest BCUT2D eigenvalue weighted by Gasteiger charge is -2.51. The number of Topliss-reactive ketones (excluding diaryl/α,β-unsaturated/α-hetero) is 1. The van der Waals surface area contributed by atoms with E-state index < -0.39 is 11.9 Å². The summed E-state index contributed by atoms with van der Waals surface area (Å²) in [5, 5.41) is 12.9. The number of nitrogens with zero attached hydrogens (tertiary/aromatic N) is 1. The van der Waals surface area contributed by atoms with Gasteiger partial charge in [0, 0.05) is 18.2 Å². The zero-order valence-electron chi connectivity index (χ0n) is 14.4. The van der Waals surface area contributed by atoms with Crippen molar-refractivity contribution in [1.29, 1.82) is 0 Å². The number of aromatic hydroxyl groups is 1. The van der Waals surface area contributed by atoms with Crippen LogP contribution in [0.25, 0.3) is 0 Å². The molecule has 1 aromatic heterocycles. The third kappa shape index (κ3) is 2.68. The molecule has 0 spiro atoms. The van der Waals surface area contributed by atoms with Gasteiger partial charge in [0.25, 0.3) is 5.91 Å². The van der Waals surface area contributed by atoms with Crippen molar-refractivity contribution in [2.45, 2.75) is 44.6 Å². The number of rotatable bonds is 3. The van der Waals surface area contributed by atoms with Gasteiger partial charge in [0.1, 0.15) is 0 Å². The summed E-state index contributed by atoms with van der Waals surface area (Å²) in [6, 6.07) is 1.02. The summed E-state index contributed by atoms with van der Waals surface area (Å²) in [5.41, 5.74) is -0.0977. The number of amides is 1. The van der Waals surface area contributed by atoms with Gasteiger partial charge in [-0.25, -0.2) is 4.98 Å². The van der Waals surface area contributed by atoms with E-state index in [0.29, 0.717) is 24.2 Å². The Bertz CT molecular complexity index is 697. The lowest BCUT2D eigenvalue weighted by atomic mass is 9.53. The maximum atomic E-state index is 13.0. The minimum Gasteiger partial charge on any atom is -0.503 e. The van der Waals surface area contributed by atoms with Gasteiger partial charge in [-0.1, -0.05) is 0 Å². The predicted octanol–water partition coefficient (Wildman–Crippen LogP) is 2.31. The first-order valence-corrected chi connectivity index (χ1v) is 9.16. The van der Waals surface area contributed by atoms with Crippen LogP contribution in [0.2, 0.25) is 0 Å². The van der Waals surface area contributed by atoms with Crippen molar-refractivity contribution in [2.24, 2.45) is 23.7 Å². The minimum absolute atomic E-state index is 0.0977.